The highest BCUT2D eigenvalue weighted by molar-refractivity contribution is 6.45. The number of para-hydroxylation sites is 2. The average Bonchev–Trinajstić information content (AvgIpc) is 2.90. The maximum Gasteiger partial charge on any atom is 0.713 e. The zero-order valence-electron chi connectivity index (χ0n) is 21.1. The van der Waals surface area contributed by atoms with Crippen LogP contribution in [0, 0.1) is 0 Å². The highest BCUT2D eigenvalue weighted by Crippen LogP contribution is 2.31. The third-order valence-corrected chi connectivity index (χ3v) is 6.20. The van der Waals surface area contributed by atoms with Crippen LogP contribution in [-0.4, -0.2) is 91.3 Å². The molecule has 0 atom stereocenters. The van der Waals surface area contributed by atoms with Gasteiger partial charge in [0.1, 0.15) is 11.5 Å². The van der Waals surface area contributed by atoms with Crippen molar-refractivity contribution in [3.8, 4) is 11.5 Å². The second-order valence-corrected chi connectivity index (χ2v) is 9.01. The van der Waals surface area contributed by atoms with Gasteiger partial charge in [-0.25, -0.2) is 0 Å². The number of aliphatic hydroxyl groups is 1. The number of aliphatic carboxylic acids is 2. The van der Waals surface area contributed by atoms with Crippen molar-refractivity contribution in [2.75, 3.05) is 39.8 Å². The smallest absolute Gasteiger partial charge is 0.534 e. The van der Waals surface area contributed by atoms with Gasteiger partial charge in [-0.15, -0.1) is 0 Å². The summed E-state index contributed by atoms with van der Waals surface area (Å²) >= 11 is 0. The fourth-order valence-electron chi connectivity index (χ4n) is 4.47. The van der Waals surface area contributed by atoms with Crippen LogP contribution < -0.4 is 9.31 Å². The van der Waals surface area contributed by atoms with Crippen LogP contribution in [0.15, 0.2) is 36.4 Å². The van der Waals surface area contributed by atoms with Crippen LogP contribution in [-0.2, 0) is 49.9 Å². The van der Waals surface area contributed by atoms with Crippen LogP contribution in [0.1, 0.15) is 22.3 Å². The van der Waals surface area contributed by atoms with Crippen LogP contribution in [0.25, 0.3) is 0 Å². The van der Waals surface area contributed by atoms with E-state index < -0.39 is 26.4 Å². The molecule has 0 fully saturated rings. The molecule has 14 heteroatoms. The Morgan fingerprint density at radius 1 is 0.868 bits per heavy atom. The zero-order valence-corrected chi connectivity index (χ0v) is 21.1. The summed E-state index contributed by atoms with van der Waals surface area (Å²) in [5.41, 5.74) is 3.17. The number of carboxylic acids is 2. The number of fused-ring (bicyclic) bond motifs is 2. The summed E-state index contributed by atoms with van der Waals surface area (Å²) in [5.74, 6) is -0.844. The van der Waals surface area contributed by atoms with Crippen molar-refractivity contribution in [3.05, 3.63) is 58.7 Å². The van der Waals surface area contributed by atoms with Crippen molar-refractivity contribution in [2.45, 2.75) is 26.3 Å². The molecule has 38 heavy (non-hydrogen) atoms. The van der Waals surface area contributed by atoms with Crippen molar-refractivity contribution in [1.82, 2.24) is 9.80 Å². The highest BCUT2D eigenvalue weighted by atomic mass is 16.7. The zero-order chi connectivity index (χ0) is 27.1. The Morgan fingerprint density at radius 2 is 1.39 bits per heavy atom. The van der Waals surface area contributed by atoms with Gasteiger partial charge in [0.25, 0.3) is 0 Å². The minimum atomic E-state index is -1.01. The molecule has 12 nitrogen and oxygen atoms in total. The van der Waals surface area contributed by atoms with E-state index >= 15 is 0 Å². The van der Waals surface area contributed by atoms with Crippen LogP contribution in [0.5, 0.6) is 11.5 Å². The van der Waals surface area contributed by atoms with E-state index in [0.717, 1.165) is 22.3 Å². The molecular weight excluding hydrogens is 498 g/mol. The summed E-state index contributed by atoms with van der Waals surface area (Å²) in [5, 5.41) is 28.5. The monoisotopic (exact) mass is 528 g/mol. The molecular formula is C24H30B2N2O10. The lowest BCUT2D eigenvalue weighted by Crippen LogP contribution is -2.40. The number of carboxylic acid groups (broad SMARTS) is 2. The van der Waals surface area contributed by atoms with Gasteiger partial charge in [-0.3, -0.25) is 19.4 Å². The Morgan fingerprint density at radius 3 is 1.89 bits per heavy atom. The molecule has 4 rings (SSSR count). The van der Waals surface area contributed by atoms with E-state index in [2.05, 4.69) is 0 Å². The van der Waals surface area contributed by atoms with E-state index in [1.54, 1.807) is 9.80 Å². The third-order valence-electron chi connectivity index (χ3n) is 6.20. The molecule has 2 heterocycles. The number of carbonyl (C=O) groups is 2. The molecule has 0 aromatic heterocycles. The molecule has 0 amide bonds. The first kappa shape index (κ1) is 27.9. The lowest BCUT2D eigenvalue weighted by Gasteiger charge is -2.30. The summed E-state index contributed by atoms with van der Waals surface area (Å²) in [6, 6.07) is 11.1. The number of aliphatic hydroxyl groups excluding tert-OH is 1. The number of nitrogens with zero attached hydrogens (tertiary/aromatic N) is 2. The summed E-state index contributed by atoms with van der Waals surface area (Å²) in [6.07, 6.45) is 0. The summed E-state index contributed by atoms with van der Waals surface area (Å²) in [6.45, 7) is 0.874. The fourth-order valence-corrected chi connectivity index (χ4v) is 4.47. The Kier molecular flexibility index (Phi) is 9.61. The Hall–Kier alpha value is -3.13. The second kappa shape index (κ2) is 13.1. The molecule has 0 saturated carbocycles. The molecule has 202 valence electrons. The third kappa shape index (κ3) is 7.25. The number of hydrogen-bond donors (Lipinski definition) is 3. The van der Waals surface area contributed by atoms with E-state index in [-0.39, 0.29) is 52.4 Å². The first-order chi connectivity index (χ1) is 18.4. The molecule has 2 aliphatic rings. The van der Waals surface area contributed by atoms with E-state index in [9.17, 15) is 24.9 Å². The largest absolute Gasteiger partial charge is 0.713 e. The summed E-state index contributed by atoms with van der Waals surface area (Å²) < 4.78 is 27.6. The van der Waals surface area contributed by atoms with E-state index in [4.69, 9.17) is 23.3 Å². The van der Waals surface area contributed by atoms with Crippen LogP contribution >= 0.6 is 0 Å². The molecule has 3 N–H and O–H groups in total. The SMILES string of the molecule is COB1OCc2cccc(CN(CCN(CC(=O)O)Cc3cccc4c3OB(CO)OC4)CC(=O)O)c2O1. The van der Waals surface area contributed by atoms with Gasteiger partial charge in [-0.2, -0.15) is 0 Å². The van der Waals surface area contributed by atoms with Crippen molar-refractivity contribution in [1.29, 1.82) is 0 Å². The van der Waals surface area contributed by atoms with Gasteiger partial charge in [0, 0.05) is 55.5 Å². The molecule has 2 aromatic carbocycles. The van der Waals surface area contributed by atoms with Crippen LogP contribution in [0.4, 0.5) is 0 Å². The maximum absolute atomic E-state index is 11.7. The lowest BCUT2D eigenvalue weighted by molar-refractivity contribution is -0.140. The number of rotatable bonds is 13. The predicted octanol–water partition coefficient (Wildman–Crippen LogP) is 0.629. The molecule has 0 spiro atoms. The average molecular weight is 528 g/mol. The molecule has 0 radical (unpaired) electrons. The lowest BCUT2D eigenvalue weighted by atomic mass is 9.89. The van der Waals surface area contributed by atoms with E-state index in [0.29, 0.717) is 18.1 Å². The molecule has 0 aliphatic carbocycles. The molecule has 2 aromatic rings. The topological polar surface area (TPSA) is 147 Å². The minimum absolute atomic E-state index is 0.242. The Bertz CT molecular complexity index is 1050. The first-order valence-electron chi connectivity index (χ1n) is 12.2. The van der Waals surface area contributed by atoms with Gasteiger partial charge in [0.05, 0.1) is 32.8 Å². The molecule has 0 bridgehead atoms. The van der Waals surface area contributed by atoms with Gasteiger partial charge in [0.15, 0.2) is 0 Å². The van der Waals surface area contributed by atoms with E-state index in [1.165, 1.54) is 7.11 Å². The number of benzene rings is 2. The molecule has 0 unspecified atom stereocenters. The fraction of sp³-hybridized carbons (Fsp3) is 0.417. The quantitative estimate of drug-likeness (QED) is 0.314. The van der Waals surface area contributed by atoms with Gasteiger partial charge in [0.2, 0.25) is 0 Å². The second-order valence-electron chi connectivity index (χ2n) is 9.01. The van der Waals surface area contributed by atoms with Gasteiger partial charge in [-0.1, -0.05) is 36.4 Å². The van der Waals surface area contributed by atoms with Crippen molar-refractivity contribution in [2.24, 2.45) is 0 Å². The van der Waals surface area contributed by atoms with Crippen LogP contribution in [0.3, 0.4) is 0 Å². The van der Waals surface area contributed by atoms with Crippen molar-refractivity contribution in [3.63, 3.8) is 0 Å². The standard InChI is InChI=1S/C24H30B2N2O10/c1-34-26-36-15-20-7-3-5-18(24(20)38-26)11-28(13-22(32)33)9-8-27(12-21(30)31)10-17-4-2-6-19-14-35-25(16-29)37-23(17)19/h2-7,29H,8-16H2,1H3,(H,30,31)(H,32,33). The Labute approximate surface area is 220 Å². The van der Waals surface area contributed by atoms with Gasteiger partial charge in [-0.05, 0) is 0 Å². The predicted molar refractivity (Wildman–Crippen MR) is 135 cm³/mol. The first-order valence-corrected chi connectivity index (χ1v) is 12.2. The summed E-state index contributed by atoms with van der Waals surface area (Å²) in [7, 11) is -0.167. The Balaban J connectivity index is 1.49. The maximum atomic E-state index is 11.7. The van der Waals surface area contributed by atoms with Crippen molar-refractivity contribution < 1.29 is 48.2 Å². The van der Waals surface area contributed by atoms with Crippen molar-refractivity contribution >= 4 is 26.4 Å². The number of hydrogen-bond acceptors (Lipinski definition) is 10. The normalized spacial score (nSPS) is 14.6. The van der Waals surface area contributed by atoms with Crippen LogP contribution in [0.2, 0.25) is 0 Å². The summed E-state index contributed by atoms with van der Waals surface area (Å²) in [4.78, 5) is 26.7. The van der Waals surface area contributed by atoms with Gasteiger partial charge >= 0.3 is 26.4 Å². The molecule has 0 saturated heterocycles. The minimum Gasteiger partial charge on any atom is -0.534 e. The highest BCUT2D eigenvalue weighted by Gasteiger charge is 2.31. The van der Waals surface area contributed by atoms with E-state index in [1.807, 2.05) is 36.4 Å². The van der Waals surface area contributed by atoms with Gasteiger partial charge < -0.3 is 38.6 Å². The molecule has 2 aliphatic heterocycles.